The maximum Gasteiger partial charge on any atom is 0.533 e. The van der Waals surface area contributed by atoms with Gasteiger partial charge in [-0.05, 0) is 40.5 Å². The fourth-order valence-corrected chi connectivity index (χ4v) is 3.72. The number of carbonyl (C=O) groups excluding carboxylic acids is 5. The highest BCUT2D eigenvalue weighted by Crippen LogP contribution is 2.45. The molecule has 1 aliphatic carbocycles. The Balaban J connectivity index is 1.81. The maximum absolute atomic E-state index is 12.4. The molecule has 2 N–H and O–H groups in total. The molecule has 0 saturated carbocycles. The summed E-state index contributed by atoms with van der Waals surface area (Å²) in [7, 11) is 1.24. The highest BCUT2D eigenvalue weighted by molar-refractivity contribution is 5.96. The minimum atomic E-state index is -1.11. The van der Waals surface area contributed by atoms with Crippen LogP contribution < -0.4 is 5.32 Å². The van der Waals surface area contributed by atoms with Crippen molar-refractivity contribution in [2.75, 3.05) is 26.8 Å². The van der Waals surface area contributed by atoms with Gasteiger partial charge in [-0.1, -0.05) is 18.2 Å². The van der Waals surface area contributed by atoms with Crippen LogP contribution in [0.3, 0.4) is 0 Å². The van der Waals surface area contributed by atoms with Crippen molar-refractivity contribution in [2.24, 2.45) is 0 Å². The number of aldehydes is 2. The molecule has 2 amide bonds. The minimum absolute atomic E-state index is 0.00447. The van der Waals surface area contributed by atoms with Crippen LogP contribution in [0.15, 0.2) is 36.4 Å². The zero-order valence-electron chi connectivity index (χ0n) is 18.5. The summed E-state index contributed by atoms with van der Waals surface area (Å²) < 4.78 is 5.26. The second-order valence-corrected chi connectivity index (χ2v) is 7.55. The van der Waals surface area contributed by atoms with Crippen LogP contribution in [0.5, 0.6) is 0 Å². The monoisotopic (exact) mass is 468 g/mol. The number of aliphatic hydroxyl groups is 1. The van der Waals surface area contributed by atoms with Crippen LogP contribution in [0.2, 0.25) is 0 Å². The normalized spacial score (nSPS) is 13.3. The lowest BCUT2D eigenvalue weighted by Gasteiger charge is -2.18. The second-order valence-electron chi connectivity index (χ2n) is 7.55. The van der Waals surface area contributed by atoms with Gasteiger partial charge in [-0.3, -0.25) is 14.4 Å². The van der Waals surface area contributed by atoms with E-state index < -0.39 is 18.0 Å². The topological polar surface area (TPSA) is 139 Å². The fraction of sp³-hybridized carbons (Fsp3) is 0.292. The number of hydrogen-bond acceptors (Lipinski definition) is 8. The van der Waals surface area contributed by atoms with Crippen LogP contribution in [0.4, 0.5) is 4.79 Å². The van der Waals surface area contributed by atoms with Crippen molar-refractivity contribution in [3.63, 3.8) is 0 Å². The lowest BCUT2D eigenvalue weighted by Crippen LogP contribution is -2.30. The fourth-order valence-electron chi connectivity index (χ4n) is 3.72. The summed E-state index contributed by atoms with van der Waals surface area (Å²) in [6.45, 7) is -0.253. The lowest BCUT2D eigenvalue weighted by atomic mass is 9.95. The molecule has 2 aromatic carbocycles. The Morgan fingerprint density at radius 2 is 1.79 bits per heavy atom. The van der Waals surface area contributed by atoms with Crippen molar-refractivity contribution in [3.05, 3.63) is 58.7 Å². The van der Waals surface area contributed by atoms with Crippen LogP contribution in [0.25, 0.3) is 11.1 Å². The summed E-state index contributed by atoms with van der Waals surface area (Å²) >= 11 is 0. The quantitative estimate of drug-likeness (QED) is 0.323. The van der Waals surface area contributed by atoms with E-state index in [9.17, 15) is 24.0 Å². The molecule has 3 rings (SSSR count). The van der Waals surface area contributed by atoms with Crippen LogP contribution in [0, 0.1) is 0 Å². The molecular formula is C24H24N2O8. The van der Waals surface area contributed by atoms with Gasteiger partial charge < -0.3 is 24.8 Å². The van der Waals surface area contributed by atoms with E-state index in [0.717, 1.165) is 22.3 Å². The van der Waals surface area contributed by atoms with Gasteiger partial charge >= 0.3 is 6.16 Å². The number of benzene rings is 2. The number of hydrogen-bond donors (Lipinski definition) is 2. The predicted molar refractivity (Wildman–Crippen MR) is 119 cm³/mol. The molecule has 178 valence electrons. The van der Waals surface area contributed by atoms with E-state index in [1.54, 1.807) is 36.4 Å². The first-order chi connectivity index (χ1) is 16.4. The number of rotatable bonds is 9. The molecule has 10 heteroatoms. The third kappa shape index (κ3) is 5.46. The van der Waals surface area contributed by atoms with Crippen molar-refractivity contribution in [3.8, 4) is 11.1 Å². The van der Waals surface area contributed by atoms with Gasteiger partial charge in [0.2, 0.25) is 0 Å². The lowest BCUT2D eigenvalue weighted by molar-refractivity contribution is -0.166. The molecule has 1 aliphatic rings. The van der Waals surface area contributed by atoms with Gasteiger partial charge in [0.15, 0.2) is 0 Å². The molecule has 0 radical (unpaired) electrons. The number of aliphatic hydroxyl groups excluding tert-OH is 1. The third-order valence-corrected chi connectivity index (χ3v) is 5.37. The van der Waals surface area contributed by atoms with E-state index in [0.29, 0.717) is 28.8 Å². The molecule has 0 aromatic heterocycles. The van der Waals surface area contributed by atoms with Gasteiger partial charge in [0, 0.05) is 43.5 Å². The van der Waals surface area contributed by atoms with Gasteiger partial charge in [0.25, 0.3) is 11.8 Å². The molecule has 34 heavy (non-hydrogen) atoms. The average molecular weight is 468 g/mol. The van der Waals surface area contributed by atoms with E-state index in [1.165, 1.54) is 7.05 Å². The summed E-state index contributed by atoms with van der Waals surface area (Å²) in [6, 6.07) is 10.3. The number of hydroxylamine groups is 2. The molecule has 1 atom stereocenters. The van der Waals surface area contributed by atoms with Gasteiger partial charge in [-0.2, -0.15) is 5.06 Å². The minimum Gasteiger partial charge on any atom is -0.432 e. The first kappa shape index (κ1) is 24.6. The molecule has 1 unspecified atom stereocenters. The van der Waals surface area contributed by atoms with Crippen molar-refractivity contribution in [1.29, 1.82) is 0 Å². The number of carbonyl (C=O) groups is 5. The Labute approximate surface area is 195 Å². The van der Waals surface area contributed by atoms with E-state index >= 15 is 0 Å². The molecule has 10 nitrogen and oxygen atoms in total. The first-order valence-electron chi connectivity index (χ1n) is 10.6. The molecular weight excluding hydrogens is 444 g/mol. The summed E-state index contributed by atoms with van der Waals surface area (Å²) in [5, 5.41) is 12.2. The van der Waals surface area contributed by atoms with E-state index in [-0.39, 0.29) is 38.5 Å². The molecule has 0 aliphatic heterocycles. The van der Waals surface area contributed by atoms with Crippen molar-refractivity contribution >= 4 is 30.5 Å². The molecule has 0 bridgehead atoms. The Hall–Kier alpha value is -4.05. The zero-order chi connectivity index (χ0) is 24.7. The Bertz CT molecular complexity index is 1110. The van der Waals surface area contributed by atoms with Crippen molar-refractivity contribution in [2.45, 2.75) is 18.8 Å². The SMILES string of the molecule is CN(OC(=O)OCC1c2cc(C=O)ccc2-c2ccc(C(=O)NCCO)cc21)C(=O)CCC=O. The van der Waals surface area contributed by atoms with Gasteiger partial charge in [-0.25, -0.2) is 4.79 Å². The highest BCUT2D eigenvalue weighted by Gasteiger charge is 2.31. The Kier molecular flexibility index (Phi) is 8.10. The maximum atomic E-state index is 12.4. The number of nitrogens with zero attached hydrogens (tertiary/aromatic N) is 1. The van der Waals surface area contributed by atoms with E-state index in [1.807, 2.05) is 0 Å². The van der Waals surface area contributed by atoms with E-state index in [2.05, 4.69) is 5.32 Å². The van der Waals surface area contributed by atoms with Crippen LogP contribution in [-0.4, -0.2) is 67.5 Å². The van der Waals surface area contributed by atoms with Gasteiger partial charge in [0.1, 0.15) is 19.2 Å². The summed E-state index contributed by atoms with van der Waals surface area (Å²) in [5.74, 6) is -1.41. The Morgan fingerprint density at radius 1 is 1.09 bits per heavy atom. The zero-order valence-corrected chi connectivity index (χ0v) is 18.5. The standard InChI is InChI=1S/C24H24N2O8/c1-26(22(30)3-2-9-27)34-24(32)33-14-21-19-11-15(13-29)4-6-17(19)18-7-5-16(12-20(18)21)23(31)25-8-10-28/h4-7,9,11-13,21,28H,2-3,8,10,14H2,1H3,(H,25,31). The summed E-state index contributed by atoms with van der Waals surface area (Å²) in [6.07, 6.45) is 0.0884. The van der Waals surface area contributed by atoms with Gasteiger partial charge in [-0.15, -0.1) is 0 Å². The molecule has 0 saturated heterocycles. The summed E-state index contributed by atoms with van der Waals surface area (Å²) in [4.78, 5) is 63.0. The Morgan fingerprint density at radius 3 is 2.47 bits per heavy atom. The average Bonchev–Trinajstić information content (AvgIpc) is 3.16. The first-order valence-corrected chi connectivity index (χ1v) is 10.6. The second kappa shape index (κ2) is 11.2. The molecule has 0 spiro atoms. The van der Waals surface area contributed by atoms with Crippen molar-refractivity contribution < 1.29 is 38.7 Å². The predicted octanol–water partition coefficient (Wildman–Crippen LogP) is 1.84. The number of amides is 2. The van der Waals surface area contributed by atoms with Crippen molar-refractivity contribution in [1.82, 2.24) is 10.4 Å². The molecule has 2 aromatic rings. The highest BCUT2D eigenvalue weighted by atomic mass is 16.8. The van der Waals surface area contributed by atoms with Crippen LogP contribution in [-0.2, 0) is 19.2 Å². The number of nitrogens with one attached hydrogen (secondary N) is 1. The van der Waals surface area contributed by atoms with Gasteiger partial charge in [0.05, 0.1) is 6.61 Å². The summed E-state index contributed by atoms with van der Waals surface area (Å²) in [5.41, 5.74) is 3.94. The number of fused-ring (bicyclic) bond motifs is 3. The van der Waals surface area contributed by atoms with E-state index in [4.69, 9.17) is 14.7 Å². The smallest absolute Gasteiger partial charge is 0.432 e. The third-order valence-electron chi connectivity index (χ3n) is 5.37. The number of ether oxygens (including phenoxy) is 1. The molecule has 0 heterocycles. The van der Waals surface area contributed by atoms with Crippen LogP contribution in [0.1, 0.15) is 50.6 Å². The molecule has 0 fully saturated rings. The largest absolute Gasteiger partial charge is 0.533 e. The van der Waals surface area contributed by atoms with Crippen LogP contribution >= 0.6 is 0 Å².